The Kier molecular flexibility index (Phi) is 4.22. The number of hydrogen-bond donors (Lipinski definition) is 0. The lowest BCUT2D eigenvalue weighted by Crippen LogP contribution is -2.28. The molecule has 0 atom stereocenters. The van der Waals surface area contributed by atoms with Gasteiger partial charge >= 0.3 is 5.91 Å². The number of rotatable bonds is 4. The number of carbonyl (C=O) groups excluding carboxylic acids is 3. The van der Waals surface area contributed by atoms with Gasteiger partial charge in [-0.05, 0) is 17.7 Å². The van der Waals surface area contributed by atoms with Crippen LogP contribution in [0.25, 0.3) is 5.70 Å². The lowest BCUT2D eigenvalue weighted by Gasteiger charge is -2.20. The van der Waals surface area contributed by atoms with Crippen molar-refractivity contribution in [2.24, 2.45) is 0 Å². The van der Waals surface area contributed by atoms with Gasteiger partial charge in [0.1, 0.15) is 5.57 Å². The maximum atomic E-state index is 13.1. The van der Waals surface area contributed by atoms with E-state index in [-0.39, 0.29) is 5.57 Å². The van der Waals surface area contributed by atoms with Gasteiger partial charge in [0.15, 0.2) is 5.78 Å². The first-order chi connectivity index (χ1) is 13.2. The summed E-state index contributed by atoms with van der Waals surface area (Å²) in [5, 5.41) is 0. The fourth-order valence-corrected chi connectivity index (χ4v) is 3.17. The van der Waals surface area contributed by atoms with Crippen molar-refractivity contribution in [3.63, 3.8) is 0 Å². The molecule has 0 saturated heterocycles. The van der Waals surface area contributed by atoms with E-state index in [1.165, 1.54) is 4.90 Å². The summed E-state index contributed by atoms with van der Waals surface area (Å²) in [5.41, 5.74) is 1.79. The molecule has 0 aliphatic carbocycles. The van der Waals surface area contributed by atoms with Gasteiger partial charge in [-0.1, -0.05) is 78.9 Å². The summed E-state index contributed by atoms with van der Waals surface area (Å²) in [5.74, 6) is -1.96. The van der Waals surface area contributed by atoms with E-state index < -0.39 is 17.5 Å². The van der Waals surface area contributed by atoms with E-state index in [9.17, 15) is 14.4 Å². The van der Waals surface area contributed by atoms with Crippen LogP contribution in [0.1, 0.15) is 15.9 Å². The molecule has 0 fully saturated rings. The van der Waals surface area contributed by atoms with E-state index in [4.69, 9.17) is 0 Å². The summed E-state index contributed by atoms with van der Waals surface area (Å²) in [4.78, 5) is 40.1. The molecule has 130 valence electrons. The van der Waals surface area contributed by atoms with E-state index in [0.29, 0.717) is 22.5 Å². The summed E-state index contributed by atoms with van der Waals surface area (Å²) in [6.07, 6.45) is 0. The number of benzene rings is 3. The molecule has 0 unspecified atom stereocenters. The van der Waals surface area contributed by atoms with Crippen LogP contribution in [-0.4, -0.2) is 17.5 Å². The van der Waals surface area contributed by atoms with Crippen molar-refractivity contribution in [1.29, 1.82) is 0 Å². The predicted octanol–water partition coefficient (Wildman–Crippen LogP) is 3.90. The van der Waals surface area contributed by atoms with Crippen molar-refractivity contribution in [1.82, 2.24) is 0 Å². The second kappa shape index (κ2) is 6.84. The van der Waals surface area contributed by atoms with Gasteiger partial charge in [-0.2, -0.15) is 0 Å². The maximum absolute atomic E-state index is 13.1. The van der Waals surface area contributed by atoms with Gasteiger partial charge in [-0.25, -0.2) is 0 Å². The first kappa shape index (κ1) is 16.7. The first-order valence-electron chi connectivity index (χ1n) is 8.52. The Hall–Kier alpha value is -3.79. The molecule has 1 aliphatic heterocycles. The summed E-state index contributed by atoms with van der Waals surface area (Å²) in [7, 11) is 0. The highest BCUT2D eigenvalue weighted by Crippen LogP contribution is 2.36. The second-order valence-electron chi connectivity index (χ2n) is 6.09. The largest absolute Gasteiger partial charge is 0.304 e. The molecule has 0 aromatic heterocycles. The van der Waals surface area contributed by atoms with Gasteiger partial charge in [-0.3, -0.25) is 19.3 Å². The van der Waals surface area contributed by atoms with Crippen molar-refractivity contribution in [3.8, 4) is 0 Å². The SMILES string of the molecule is O=C(C1=C(c2ccccc2)N(c2ccccc2)[13C](=O)[13C]1=O)c1ccccc1. The highest BCUT2D eigenvalue weighted by molar-refractivity contribution is 6.61. The summed E-state index contributed by atoms with van der Waals surface area (Å²) < 4.78 is 0. The molecule has 0 N–H and O–H groups in total. The standard InChI is InChI=1S/C23H15NO3/c25-21(17-12-6-2-7-13-17)19-20(16-10-4-1-5-11-16)24(23(27)22(19)26)18-14-8-3-9-15-18/h1-15H/i22+1,23+1. The van der Waals surface area contributed by atoms with Crippen LogP contribution in [-0.2, 0) is 9.59 Å². The first-order valence-corrected chi connectivity index (χ1v) is 8.52. The lowest BCUT2D eigenvalue weighted by molar-refractivity contribution is -0.132. The number of anilines is 1. The Morgan fingerprint density at radius 3 is 1.78 bits per heavy atom. The van der Waals surface area contributed by atoms with E-state index >= 15 is 0 Å². The fourth-order valence-electron chi connectivity index (χ4n) is 3.17. The van der Waals surface area contributed by atoms with E-state index in [0.717, 1.165) is 0 Å². The molecule has 0 spiro atoms. The second-order valence-corrected chi connectivity index (χ2v) is 6.09. The summed E-state index contributed by atoms with van der Waals surface area (Å²) >= 11 is 0. The summed E-state index contributed by atoms with van der Waals surface area (Å²) in [6.45, 7) is 0. The van der Waals surface area contributed by atoms with Crippen LogP contribution in [0.5, 0.6) is 0 Å². The van der Waals surface area contributed by atoms with Gasteiger partial charge < -0.3 is 0 Å². The van der Waals surface area contributed by atoms with E-state index in [2.05, 4.69) is 0 Å². The van der Waals surface area contributed by atoms with Gasteiger partial charge in [0.2, 0.25) is 0 Å². The highest BCUT2D eigenvalue weighted by Gasteiger charge is 2.43. The van der Waals surface area contributed by atoms with Crippen molar-refractivity contribution in [2.45, 2.75) is 0 Å². The molecular formula is C23H15NO3. The van der Waals surface area contributed by atoms with Gasteiger partial charge in [0.05, 0.1) is 5.70 Å². The quantitative estimate of drug-likeness (QED) is 0.309. The molecule has 0 bridgehead atoms. The molecule has 4 heteroatoms. The van der Waals surface area contributed by atoms with Crippen molar-refractivity contribution < 1.29 is 14.4 Å². The van der Waals surface area contributed by atoms with Crippen LogP contribution in [0.2, 0.25) is 0 Å². The minimum Gasteiger partial charge on any atom is -0.288 e. The molecular weight excluding hydrogens is 340 g/mol. The molecule has 1 heterocycles. The predicted molar refractivity (Wildman–Crippen MR) is 103 cm³/mol. The van der Waals surface area contributed by atoms with Crippen LogP contribution >= 0.6 is 0 Å². The normalized spacial score (nSPS) is 14.0. The van der Waals surface area contributed by atoms with Crippen molar-refractivity contribution >= 4 is 28.9 Å². The van der Waals surface area contributed by atoms with Crippen molar-refractivity contribution in [2.75, 3.05) is 4.90 Å². The topological polar surface area (TPSA) is 54.5 Å². The zero-order valence-electron chi connectivity index (χ0n) is 14.3. The molecule has 1 amide bonds. The fraction of sp³-hybridized carbons (Fsp3) is 0. The molecule has 3 aromatic rings. The number of amides is 1. The molecule has 3 aromatic carbocycles. The molecule has 0 radical (unpaired) electrons. The van der Waals surface area contributed by atoms with E-state index in [1.54, 1.807) is 66.7 Å². The Morgan fingerprint density at radius 1 is 0.667 bits per heavy atom. The van der Waals surface area contributed by atoms with Crippen LogP contribution in [0.15, 0.2) is 96.6 Å². The molecule has 1 aliphatic rings. The van der Waals surface area contributed by atoms with Gasteiger partial charge in [-0.15, -0.1) is 0 Å². The maximum Gasteiger partial charge on any atom is 0.304 e. The molecule has 0 saturated carbocycles. The number of ketones is 2. The highest BCUT2D eigenvalue weighted by atomic mass is 16.3. The Bertz CT molecular complexity index is 1050. The third-order valence-electron chi connectivity index (χ3n) is 4.41. The number of Topliss-reactive ketones (excluding diaryl/α,β-unsaturated/α-hetero) is 2. The minimum absolute atomic E-state index is 0.0961. The van der Waals surface area contributed by atoms with Crippen LogP contribution in [0.3, 0.4) is 0 Å². The van der Waals surface area contributed by atoms with Gasteiger partial charge in [0, 0.05) is 11.3 Å². The van der Waals surface area contributed by atoms with Crippen LogP contribution in [0, 0.1) is 0 Å². The van der Waals surface area contributed by atoms with Crippen LogP contribution < -0.4 is 4.90 Å². The summed E-state index contributed by atoms with van der Waals surface area (Å²) in [6, 6.07) is 26.4. The Labute approximate surface area is 156 Å². The average molecular weight is 355 g/mol. The van der Waals surface area contributed by atoms with Gasteiger partial charge in [0.25, 0.3) is 5.78 Å². The Morgan fingerprint density at radius 2 is 1.19 bits per heavy atom. The van der Waals surface area contributed by atoms with Crippen LogP contribution in [0.4, 0.5) is 5.69 Å². The smallest absolute Gasteiger partial charge is 0.288 e. The number of para-hydroxylation sites is 1. The third-order valence-corrected chi connectivity index (χ3v) is 4.41. The van der Waals surface area contributed by atoms with E-state index in [1.807, 2.05) is 24.3 Å². The zero-order chi connectivity index (χ0) is 18.8. The zero-order valence-corrected chi connectivity index (χ0v) is 14.3. The number of hydrogen-bond acceptors (Lipinski definition) is 3. The Balaban J connectivity index is 1.96. The number of carbonyl (C=O) groups is 3. The number of nitrogens with zero attached hydrogens (tertiary/aromatic N) is 1. The minimum atomic E-state index is -0.786. The lowest BCUT2D eigenvalue weighted by atomic mass is 10.0. The average Bonchev–Trinajstić information content (AvgIpc) is 3.00. The molecule has 27 heavy (non-hydrogen) atoms. The molecule has 4 nitrogen and oxygen atoms in total. The molecule has 4 rings (SSSR count). The third kappa shape index (κ3) is 2.87. The van der Waals surface area contributed by atoms with Crippen molar-refractivity contribution in [3.05, 3.63) is 108 Å². The monoisotopic (exact) mass is 355 g/mol.